The Labute approximate surface area is 70.2 Å². The average Bonchev–Trinajstić information content (AvgIpc) is 1.95. The minimum atomic E-state index is -0.614. The first kappa shape index (κ1) is 10.2. The number of hydrogen-bond acceptors (Lipinski definition) is 2. The molecule has 0 amide bonds. The van der Waals surface area contributed by atoms with Crippen molar-refractivity contribution in [3.63, 3.8) is 0 Å². The third-order valence-corrected chi connectivity index (χ3v) is 1.25. The van der Waals surface area contributed by atoms with E-state index in [1.807, 2.05) is 0 Å². The maximum atomic E-state index is 12.3. The van der Waals surface area contributed by atoms with Crippen molar-refractivity contribution >= 4 is 12.4 Å². The summed E-state index contributed by atoms with van der Waals surface area (Å²) in [7, 11) is 0. The molecule has 0 fully saturated rings. The Hall–Kier alpha value is -0.800. The summed E-state index contributed by atoms with van der Waals surface area (Å²) in [5.74, 6) is -0.958. The van der Waals surface area contributed by atoms with Crippen LogP contribution >= 0.6 is 12.4 Å². The van der Waals surface area contributed by atoms with Crippen LogP contribution in [0.1, 0.15) is 5.56 Å². The Morgan fingerprint density at radius 3 is 2.55 bits per heavy atom. The molecule has 0 aliphatic carbocycles. The van der Waals surface area contributed by atoms with Crippen molar-refractivity contribution in [3.05, 3.63) is 29.6 Å². The van der Waals surface area contributed by atoms with Gasteiger partial charge in [-0.15, -0.1) is 12.4 Å². The fraction of sp³-hybridized carbons (Fsp3) is 0.143. The van der Waals surface area contributed by atoms with E-state index in [-0.39, 0.29) is 18.2 Å². The van der Waals surface area contributed by atoms with E-state index in [1.54, 1.807) is 0 Å². The van der Waals surface area contributed by atoms with Gasteiger partial charge in [-0.25, -0.2) is 4.39 Å². The van der Waals surface area contributed by atoms with Crippen molar-refractivity contribution in [1.29, 1.82) is 0 Å². The number of halogens is 2. The summed E-state index contributed by atoms with van der Waals surface area (Å²) in [6.07, 6.45) is 0. The van der Waals surface area contributed by atoms with Crippen LogP contribution in [0.5, 0.6) is 5.75 Å². The van der Waals surface area contributed by atoms with Crippen molar-refractivity contribution < 1.29 is 9.50 Å². The monoisotopic (exact) mass is 177 g/mol. The molecule has 0 spiro atoms. The number of rotatable bonds is 1. The van der Waals surface area contributed by atoms with Gasteiger partial charge in [0.15, 0.2) is 11.6 Å². The largest absolute Gasteiger partial charge is 0.505 e. The molecule has 2 nitrogen and oxygen atoms in total. The van der Waals surface area contributed by atoms with Crippen LogP contribution in [0.4, 0.5) is 4.39 Å². The second kappa shape index (κ2) is 4.16. The van der Waals surface area contributed by atoms with Gasteiger partial charge in [0.25, 0.3) is 0 Å². The van der Waals surface area contributed by atoms with Gasteiger partial charge in [-0.1, -0.05) is 6.07 Å². The molecule has 0 radical (unpaired) electrons. The van der Waals surface area contributed by atoms with Gasteiger partial charge in [0.05, 0.1) is 0 Å². The first-order chi connectivity index (χ1) is 4.74. The summed E-state index contributed by atoms with van der Waals surface area (Å²) in [6.45, 7) is 0.313. The molecule has 0 saturated carbocycles. The number of aromatic hydroxyl groups is 1. The van der Waals surface area contributed by atoms with Gasteiger partial charge in [0.1, 0.15) is 0 Å². The van der Waals surface area contributed by atoms with E-state index in [2.05, 4.69) is 0 Å². The van der Waals surface area contributed by atoms with Gasteiger partial charge >= 0.3 is 0 Å². The highest BCUT2D eigenvalue weighted by molar-refractivity contribution is 5.85. The number of phenolic OH excluding ortho intramolecular Hbond substituents is 1. The molecule has 0 aromatic heterocycles. The number of nitrogens with two attached hydrogens (primary N) is 1. The van der Waals surface area contributed by atoms with Crippen LogP contribution in [-0.2, 0) is 6.54 Å². The summed E-state index contributed by atoms with van der Waals surface area (Å²) in [6, 6.07) is 4.04. The summed E-state index contributed by atoms with van der Waals surface area (Å²) in [5.41, 5.74) is 5.96. The van der Waals surface area contributed by atoms with Crippen LogP contribution < -0.4 is 5.73 Å². The molecule has 0 bridgehead atoms. The molecule has 0 unspecified atom stereocenters. The molecular formula is C7H9ClFNO. The summed E-state index contributed by atoms with van der Waals surface area (Å²) in [5, 5.41) is 8.80. The molecule has 0 aliphatic heterocycles. The molecule has 1 aromatic rings. The lowest BCUT2D eigenvalue weighted by molar-refractivity contribution is 0.431. The molecule has 0 atom stereocenters. The molecular weight excluding hydrogens is 169 g/mol. The van der Waals surface area contributed by atoms with E-state index in [0.717, 1.165) is 5.56 Å². The second-order valence-electron chi connectivity index (χ2n) is 1.99. The Morgan fingerprint density at radius 1 is 1.45 bits per heavy atom. The quantitative estimate of drug-likeness (QED) is 0.682. The molecule has 0 heterocycles. The Balaban J connectivity index is 0.000001000. The van der Waals surface area contributed by atoms with E-state index in [4.69, 9.17) is 10.8 Å². The molecule has 1 aromatic carbocycles. The van der Waals surface area contributed by atoms with Crippen LogP contribution in [0.25, 0.3) is 0 Å². The third-order valence-electron chi connectivity index (χ3n) is 1.25. The summed E-state index contributed by atoms with van der Waals surface area (Å²) >= 11 is 0. The van der Waals surface area contributed by atoms with Crippen LogP contribution in [-0.4, -0.2) is 5.11 Å². The predicted octanol–water partition coefficient (Wildman–Crippen LogP) is 1.41. The Kier molecular flexibility index (Phi) is 3.85. The fourth-order valence-electron chi connectivity index (χ4n) is 0.685. The SMILES string of the molecule is Cl.NCc1ccc(F)c(O)c1. The molecule has 11 heavy (non-hydrogen) atoms. The molecule has 0 aliphatic rings. The van der Waals surface area contributed by atoms with Gasteiger partial charge in [-0.05, 0) is 17.7 Å². The topological polar surface area (TPSA) is 46.2 Å². The van der Waals surface area contributed by atoms with E-state index in [1.165, 1.54) is 18.2 Å². The van der Waals surface area contributed by atoms with Crippen molar-refractivity contribution in [1.82, 2.24) is 0 Å². The zero-order valence-electron chi connectivity index (χ0n) is 5.75. The minimum absolute atomic E-state index is 0. The lowest BCUT2D eigenvalue weighted by Gasteiger charge is -1.97. The van der Waals surface area contributed by atoms with Crippen molar-refractivity contribution in [3.8, 4) is 5.75 Å². The van der Waals surface area contributed by atoms with E-state index >= 15 is 0 Å². The third kappa shape index (κ3) is 2.37. The number of benzene rings is 1. The van der Waals surface area contributed by atoms with Crippen molar-refractivity contribution in [2.24, 2.45) is 5.73 Å². The van der Waals surface area contributed by atoms with Crippen LogP contribution in [0.15, 0.2) is 18.2 Å². The normalized spacial score (nSPS) is 8.91. The molecule has 3 N–H and O–H groups in total. The summed E-state index contributed by atoms with van der Waals surface area (Å²) in [4.78, 5) is 0. The lowest BCUT2D eigenvalue weighted by atomic mass is 10.2. The Morgan fingerprint density at radius 2 is 2.09 bits per heavy atom. The standard InChI is InChI=1S/C7H8FNO.ClH/c8-6-2-1-5(4-9)3-7(6)10;/h1-3,10H,4,9H2;1H. The fourth-order valence-corrected chi connectivity index (χ4v) is 0.685. The van der Waals surface area contributed by atoms with Gasteiger partial charge in [-0.2, -0.15) is 0 Å². The number of hydrogen-bond donors (Lipinski definition) is 2. The maximum Gasteiger partial charge on any atom is 0.164 e. The smallest absolute Gasteiger partial charge is 0.164 e. The first-order valence-electron chi connectivity index (χ1n) is 2.91. The first-order valence-corrected chi connectivity index (χ1v) is 2.91. The lowest BCUT2D eigenvalue weighted by Crippen LogP contribution is -1.95. The molecule has 1 rings (SSSR count). The highest BCUT2D eigenvalue weighted by Gasteiger charge is 1.98. The molecule has 62 valence electrons. The van der Waals surface area contributed by atoms with Gasteiger partial charge < -0.3 is 10.8 Å². The highest BCUT2D eigenvalue weighted by Crippen LogP contribution is 2.15. The number of phenols is 1. The zero-order valence-corrected chi connectivity index (χ0v) is 6.57. The van der Waals surface area contributed by atoms with Gasteiger partial charge in [0.2, 0.25) is 0 Å². The highest BCUT2D eigenvalue weighted by atomic mass is 35.5. The van der Waals surface area contributed by atoms with Crippen molar-refractivity contribution in [2.75, 3.05) is 0 Å². The minimum Gasteiger partial charge on any atom is -0.505 e. The van der Waals surface area contributed by atoms with E-state index in [9.17, 15) is 4.39 Å². The van der Waals surface area contributed by atoms with Gasteiger partial charge in [0, 0.05) is 6.54 Å². The second-order valence-corrected chi connectivity index (χ2v) is 1.99. The van der Waals surface area contributed by atoms with Crippen LogP contribution in [0.3, 0.4) is 0 Å². The summed E-state index contributed by atoms with van der Waals surface area (Å²) < 4.78 is 12.3. The van der Waals surface area contributed by atoms with Crippen molar-refractivity contribution in [2.45, 2.75) is 6.54 Å². The molecule has 4 heteroatoms. The van der Waals surface area contributed by atoms with E-state index in [0.29, 0.717) is 6.54 Å². The van der Waals surface area contributed by atoms with Crippen LogP contribution in [0, 0.1) is 5.82 Å². The predicted molar refractivity (Wildman–Crippen MR) is 43.2 cm³/mol. The van der Waals surface area contributed by atoms with E-state index < -0.39 is 5.82 Å². The average molecular weight is 178 g/mol. The Bertz CT molecular complexity index is 242. The van der Waals surface area contributed by atoms with Gasteiger partial charge in [-0.3, -0.25) is 0 Å². The molecule has 0 saturated heterocycles. The maximum absolute atomic E-state index is 12.3. The zero-order chi connectivity index (χ0) is 7.56. The van der Waals surface area contributed by atoms with Crippen LogP contribution in [0.2, 0.25) is 0 Å².